The molecule has 0 saturated carbocycles. The number of carbonyl (C=O) groups excluding carboxylic acids is 1. The Morgan fingerprint density at radius 2 is 2.10 bits per heavy atom. The number of halogens is 2. The monoisotopic (exact) mass is 345 g/mol. The number of carbonyl (C=O) groups is 1. The molecule has 0 unspecified atom stereocenters. The van der Waals surface area contributed by atoms with Gasteiger partial charge in [-0.1, -0.05) is 39.7 Å². The third-order valence-electron chi connectivity index (χ3n) is 3.84. The van der Waals surface area contributed by atoms with E-state index in [0.717, 1.165) is 44.9 Å². The smallest absolute Gasteiger partial charge is 0.193 e. The normalized spacial score (nSPS) is 16.8. The molecule has 0 bridgehead atoms. The molecule has 0 radical (unpaired) electrons. The van der Waals surface area contributed by atoms with Crippen LogP contribution in [0, 0.1) is 0 Å². The van der Waals surface area contributed by atoms with E-state index in [4.69, 9.17) is 11.6 Å². The number of hydrogen-bond acceptors (Lipinski definition) is 2. The Kier molecular flexibility index (Phi) is 2.63. The quantitative estimate of drug-likeness (QED) is 0.632. The Hall–Kier alpha value is -1.45. The van der Waals surface area contributed by atoms with Crippen LogP contribution in [0.4, 0.5) is 0 Å². The van der Waals surface area contributed by atoms with Crippen LogP contribution in [-0.2, 0) is 0 Å². The minimum atomic E-state index is 0.0405. The van der Waals surface area contributed by atoms with E-state index in [1.54, 1.807) is 0 Å². The number of nitrogens with zero attached hydrogens (tertiary/aromatic N) is 1. The Balaban J connectivity index is 2.18. The second kappa shape index (κ2) is 4.27. The lowest BCUT2D eigenvalue weighted by Gasteiger charge is -2.09. The van der Waals surface area contributed by atoms with Gasteiger partial charge < -0.3 is 0 Å². The lowest BCUT2D eigenvalue weighted by atomic mass is 9.96. The van der Waals surface area contributed by atoms with Gasteiger partial charge in [0.25, 0.3) is 0 Å². The summed E-state index contributed by atoms with van der Waals surface area (Å²) in [6, 6.07) is 5.85. The van der Waals surface area contributed by atoms with Crippen molar-refractivity contribution in [3.63, 3.8) is 0 Å². The first kappa shape index (κ1) is 12.3. The number of pyridine rings is 1. The van der Waals surface area contributed by atoms with Gasteiger partial charge in [0.1, 0.15) is 5.15 Å². The molecule has 1 heterocycles. The Labute approximate surface area is 129 Å². The number of aromatic nitrogens is 1. The van der Waals surface area contributed by atoms with Crippen LogP contribution in [0.2, 0.25) is 5.15 Å². The molecule has 0 spiro atoms. The topological polar surface area (TPSA) is 30.0 Å². The zero-order valence-electron chi connectivity index (χ0n) is 10.4. The first-order valence-electron chi connectivity index (χ1n) is 6.40. The summed E-state index contributed by atoms with van der Waals surface area (Å²) in [4.78, 5) is 16.9. The van der Waals surface area contributed by atoms with Crippen molar-refractivity contribution >= 4 is 49.8 Å². The lowest BCUT2D eigenvalue weighted by molar-refractivity contribution is 0.103. The van der Waals surface area contributed by atoms with Crippen molar-refractivity contribution in [2.75, 3.05) is 0 Å². The molecule has 0 saturated heterocycles. The molecule has 2 nitrogen and oxygen atoms in total. The third kappa shape index (κ3) is 1.57. The molecule has 20 heavy (non-hydrogen) atoms. The molecule has 0 atom stereocenters. The van der Waals surface area contributed by atoms with E-state index in [1.165, 1.54) is 0 Å². The van der Waals surface area contributed by atoms with E-state index in [9.17, 15) is 4.79 Å². The number of Topliss-reactive ketones (excluding diaryl/α,β-unsaturated/α-hetero) is 1. The number of fused-ring (bicyclic) bond motifs is 4. The fourth-order valence-corrected chi connectivity index (χ4v) is 3.61. The highest BCUT2D eigenvalue weighted by Gasteiger charge is 2.33. The van der Waals surface area contributed by atoms with Crippen LogP contribution >= 0.6 is 27.5 Å². The fourth-order valence-electron chi connectivity index (χ4n) is 2.98. The predicted molar refractivity (Wildman–Crippen MR) is 84.1 cm³/mol. The summed E-state index contributed by atoms with van der Waals surface area (Å²) in [6.07, 6.45) is 5.84. The average Bonchev–Trinajstić information content (AvgIpc) is 2.75. The molecular formula is C16H9BrClNO. The van der Waals surface area contributed by atoms with Crippen LogP contribution in [0.5, 0.6) is 0 Å². The Bertz CT molecular complexity index is 851. The van der Waals surface area contributed by atoms with Crippen molar-refractivity contribution in [1.82, 2.24) is 4.98 Å². The molecule has 0 aliphatic heterocycles. The average molecular weight is 347 g/mol. The number of rotatable bonds is 0. The van der Waals surface area contributed by atoms with E-state index in [1.807, 2.05) is 24.3 Å². The predicted octanol–water partition coefficient (Wildman–Crippen LogP) is 4.95. The van der Waals surface area contributed by atoms with Crippen molar-refractivity contribution in [3.8, 4) is 0 Å². The molecular weight excluding hydrogens is 338 g/mol. The SMILES string of the molecule is O=C1C2=C(C=CCC2)c2c1c(Cl)nc1ccc(Br)cc21. The third-order valence-corrected chi connectivity index (χ3v) is 4.61. The van der Waals surface area contributed by atoms with Gasteiger partial charge in [0.05, 0.1) is 11.1 Å². The summed E-state index contributed by atoms with van der Waals surface area (Å²) in [5, 5.41) is 1.28. The van der Waals surface area contributed by atoms with Gasteiger partial charge in [-0.2, -0.15) is 0 Å². The number of ketones is 1. The van der Waals surface area contributed by atoms with Gasteiger partial charge in [0, 0.05) is 21.0 Å². The minimum Gasteiger partial charge on any atom is -0.289 e. The summed E-state index contributed by atoms with van der Waals surface area (Å²) in [7, 11) is 0. The van der Waals surface area contributed by atoms with E-state index in [-0.39, 0.29) is 5.78 Å². The molecule has 2 aromatic rings. The highest BCUT2D eigenvalue weighted by atomic mass is 79.9. The molecule has 2 aliphatic rings. The van der Waals surface area contributed by atoms with E-state index in [0.29, 0.717) is 10.7 Å². The van der Waals surface area contributed by atoms with Crippen LogP contribution in [0.15, 0.2) is 40.4 Å². The summed E-state index contributed by atoms with van der Waals surface area (Å²) >= 11 is 9.74. The Morgan fingerprint density at radius 3 is 2.95 bits per heavy atom. The van der Waals surface area contributed by atoms with Gasteiger partial charge in [0.15, 0.2) is 5.78 Å². The molecule has 4 rings (SSSR count). The molecule has 1 aromatic heterocycles. The van der Waals surface area contributed by atoms with Gasteiger partial charge in [0.2, 0.25) is 0 Å². The van der Waals surface area contributed by atoms with Crippen LogP contribution in [0.25, 0.3) is 16.5 Å². The second-order valence-corrected chi connectivity index (χ2v) is 6.25. The van der Waals surface area contributed by atoms with E-state index in [2.05, 4.69) is 27.0 Å². The summed E-state index contributed by atoms with van der Waals surface area (Å²) in [5.41, 5.74) is 4.21. The zero-order valence-corrected chi connectivity index (χ0v) is 12.8. The summed E-state index contributed by atoms with van der Waals surface area (Å²) in [6.45, 7) is 0. The van der Waals surface area contributed by atoms with Gasteiger partial charge in [-0.15, -0.1) is 0 Å². The highest BCUT2D eigenvalue weighted by molar-refractivity contribution is 9.10. The van der Waals surface area contributed by atoms with Crippen LogP contribution < -0.4 is 0 Å². The fraction of sp³-hybridized carbons (Fsp3) is 0.125. The van der Waals surface area contributed by atoms with Crippen molar-refractivity contribution in [3.05, 3.63) is 56.7 Å². The number of benzene rings is 1. The van der Waals surface area contributed by atoms with Crippen molar-refractivity contribution in [2.45, 2.75) is 12.8 Å². The van der Waals surface area contributed by atoms with Crippen LogP contribution in [-0.4, -0.2) is 10.8 Å². The van der Waals surface area contributed by atoms with Gasteiger partial charge in [-0.25, -0.2) is 4.98 Å². The summed E-state index contributed by atoms with van der Waals surface area (Å²) in [5.74, 6) is 0.0405. The largest absolute Gasteiger partial charge is 0.289 e. The molecule has 1 aromatic carbocycles. The Morgan fingerprint density at radius 1 is 1.25 bits per heavy atom. The van der Waals surface area contributed by atoms with Crippen LogP contribution in [0.1, 0.15) is 28.8 Å². The maximum absolute atomic E-state index is 12.6. The van der Waals surface area contributed by atoms with Gasteiger partial charge in [-0.3, -0.25) is 4.79 Å². The molecule has 0 N–H and O–H groups in total. The van der Waals surface area contributed by atoms with Crippen LogP contribution in [0.3, 0.4) is 0 Å². The first-order valence-corrected chi connectivity index (χ1v) is 7.57. The minimum absolute atomic E-state index is 0.0405. The van der Waals surface area contributed by atoms with Gasteiger partial charge >= 0.3 is 0 Å². The van der Waals surface area contributed by atoms with Gasteiger partial charge in [-0.05, 0) is 36.6 Å². The van der Waals surface area contributed by atoms with E-state index >= 15 is 0 Å². The maximum atomic E-state index is 12.6. The molecule has 0 amide bonds. The maximum Gasteiger partial charge on any atom is 0.193 e. The highest BCUT2D eigenvalue weighted by Crippen LogP contribution is 2.44. The number of hydrogen-bond donors (Lipinski definition) is 0. The molecule has 0 fully saturated rings. The van der Waals surface area contributed by atoms with Crippen molar-refractivity contribution in [2.24, 2.45) is 0 Å². The van der Waals surface area contributed by atoms with E-state index < -0.39 is 0 Å². The lowest BCUT2D eigenvalue weighted by Crippen LogP contribution is -2.01. The second-order valence-electron chi connectivity index (χ2n) is 4.98. The molecule has 98 valence electrons. The van der Waals surface area contributed by atoms with Crippen molar-refractivity contribution in [1.29, 1.82) is 0 Å². The molecule has 4 heteroatoms. The summed E-state index contributed by atoms with van der Waals surface area (Å²) < 4.78 is 0.970. The zero-order chi connectivity index (χ0) is 13.9. The number of allylic oxidation sites excluding steroid dienone is 4. The van der Waals surface area contributed by atoms with Crippen molar-refractivity contribution < 1.29 is 4.79 Å². The first-order chi connectivity index (χ1) is 9.66. The standard InChI is InChI=1S/C16H9BrClNO/c17-8-5-6-12-11(7-8)13-9-3-1-2-4-10(9)15(20)14(13)16(18)19-12/h1,3,5-7H,2,4H2. The molecule has 2 aliphatic carbocycles.